The molecule has 0 aliphatic heterocycles. The molecule has 0 aliphatic carbocycles. The van der Waals surface area contributed by atoms with E-state index < -0.39 is 5.97 Å². The van der Waals surface area contributed by atoms with Gasteiger partial charge in [0.15, 0.2) is 11.5 Å². The van der Waals surface area contributed by atoms with Gasteiger partial charge in [-0.2, -0.15) is 5.26 Å². The van der Waals surface area contributed by atoms with Crippen molar-refractivity contribution >= 4 is 5.97 Å². The minimum atomic E-state index is -1.14. The van der Waals surface area contributed by atoms with E-state index >= 15 is 0 Å². The fraction of sp³-hybridized carbons (Fsp3) is 0.0714. The Balaban J connectivity index is 2.40. The van der Waals surface area contributed by atoms with Crippen molar-refractivity contribution < 1.29 is 19.4 Å². The number of hydrogen-bond acceptors (Lipinski definition) is 5. The van der Waals surface area contributed by atoms with E-state index in [9.17, 15) is 4.79 Å². The summed E-state index contributed by atoms with van der Waals surface area (Å²) in [4.78, 5) is 14.8. The van der Waals surface area contributed by atoms with Crippen molar-refractivity contribution in [3.05, 3.63) is 47.8 Å². The normalized spacial score (nSPS) is 9.60. The average molecular weight is 270 g/mol. The molecule has 2 rings (SSSR count). The molecule has 0 aliphatic rings. The molecule has 0 unspecified atom stereocenters. The highest BCUT2D eigenvalue weighted by molar-refractivity contribution is 5.90. The van der Waals surface area contributed by atoms with Gasteiger partial charge >= 0.3 is 5.97 Å². The topological polar surface area (TPSA) is 92.4 Å². The van der Waals surface area contributed by atoms with E-state index in [1.54, 1.807) is 12.1 Å². The number of hydrogen-bond donors (Lipinski definition) is 1. The number of carboxylic acids is 1. The number of methoxy groups -OCH3 is 1. The maximum Gasteiger partial charge on any atom is 0.341 e. The van der Waals surface area contributed by atoms with E-state index in [0.29, 0.717) is 17.1 Å². The predicted octanol–water partition coefficient (Wildman–Crippen LogP) is 2.45. The number of aromatic carboxylic acids is 1. The number of ether oxygens (including phenoxy) is 2. The van der Waals surface area contributed by atoms with Crippen LogP contribution in [0.2, 0.25) is 0 Å². The Morgan fingerprint density at radius 3 is 2.75 bits per heavy atom. The second kappa shape index (κ2) is 5.71. The van der Waals surface area contributed by atoms with Crippen molar-refractivity contribution in [1.29, 1.82) is 5.26 Å². The molecule has 20 heavy (non-hydrogen) atoms. The zero-order valence-corrected chi connectivity index (χ0v) is 10.5. The first-order valence-corrected chi connectivity index (χ1v) is 5.59. The zero-order chi connectivity index (χ0) is 14.5. The van der Waals surface area contributed by atoms with E-state index in [0.717, 1.165) is 0 Å². The van der Waals surface area contributed by atoms with Gasteiger partial charge in [-0.25, -0.2) is 4.79 Å². The molecule has 1 aromatic carbocycles. The van der Waals surface area contributed by atoms with Crippen LogP contribution in [0.5, 0.6) is 17.2 Å². The van der Waals surface area contributed by atoms with Crippen molar-refractivity contribution in [3.8, 4) is 23.3 Å². The second-order valence-corrected chi connectivity index (χ2v) is 3.76. The third kappa shape index (κ3) is 2.67. The summed E-state index contributed by atoms with van der Waals surface area (Å²) in [5.41, 5.74) is 0.362. The number of pyridine rings is 1. The first-order valence-electron chi connectivity index (χ1n) is 5.59. The fourth-order valence-electron chi connectivity index (χ4n) is 1.57. The molecule has 1 aromatic heterocycles. The Morgan fingerprint density at radius 2 is 2.10 bits per heavy atom. The van der Waals surface area contributed by atoms with Gasteiger partial charge in [0.2, 0.25) is 0 Å². The lowest BCUT2D eigenvalue weighted by molar-refractivity contribution is 0.0693. The molecule has 6 nitrogen and oxygen atoms in total. The van der Waals surface area contributed by atoms with Crippen molar-refractivity contribution in [1.82, 2.24) is 4.98 Å². The maximum atomic E-state index is 11.1. The number of carbonyl (C=O) groups is 1. The lowest BCUT2D eigenvalue weighted by Crippen LogP contribution is -2.01. The van der Waals surface area contributed by atoms with Gasteiger partial charge in [-0.3, -0.25) is 4.98 Å². The molecule has 1 heterocycles. The average Bonchev–Trinajstić information content (AvgIpc) is 2.48. The van der Waals surface area contributed by atoms with Gasteiger partial charge in [0.1, 0.15) is 11.3 Å². The molecule has 100 valence electrons. The number of nitrogens with zero attached hydrogens (tertiary/aromatic N) is 2. The Morgan fingerprint density at radius 1 is 1.30 bits per heavy atom. The summed E-state index contributed by atoms with van der Waals surface area (Å²) < 4.78 is 10.7. The van der Waals surface area contributed by atoms with Gasteiger partial charge in [0.25, 0.3) is 0 Å². The van der Waals surface area contributed by atoms with Crippen molar-refractivity contribution in [3.63, 3.8) is 0 Å². The van der Waals surface area contributed by atoms with E-state index in [-0.39, 0.29) is 11.3 Å². The first kappa shape index (κ1) is 13.4. The molecule has 0 amide bonds. The van der Waals surface area contributed by atoms with Crippen LogP contribution in [0.3, 0.4) is 0 Å². The van der Waals surface area contributed by atoms with Crippen LogP contribution >= 0.6 is 0 Å². The molecule has 2 aromatic rings. The number of aromatic nitrogens is 1. The highest BCUT2D eigenvalue weighted by atomic mass is 16.5. The molecular formula is C14H10N2O4. The molecule has 0 radical (unpaired) electrons. The van der Waals surface area contributed by atoms with Crippen molar-refractivity contribution in [2.75, 3.05) is 7.11 Å². The second-order valence-electron chi connectivity index (χ2n) is 3.76. The van der Waals surface area contributed by atoms with Crippen LogP contribution in [0.15, 0.2) is 36.7 Å². The Kier molecular flexibility index (Phi) is 3.82. The molecule has 1 N–H and O–H groups in total. The fourth-order valence-corrected chi connectivity index (χ4v) is 1.57. The lowest BCUT2D eigenvalue weighted by Gasteiger charge is -2.11. The Hall–Kier alpha value is -3.07. The van der Waals surface area contributed by atoms with Gasteiger partial charge in [-0.05, 0) is 12.1 Å². The van der Waals surface area contributed by atoms with Gasteiger partial charge < -0.3 is 14.6 Å². The van der Waals surface area contributed by atoms with Crippen LogP contribution in [0.4, 0.5) is 0 Å². The molecule has 0 spiro atoms. The summed E-state index contributed by atoms with van der Waals surface area (Å²) in [7, 11) is 1.44. The van der Waals surface area contributed by atoms with Crippen LogP contribution in [-0.2, 0) is 0 Å². The first-order chi connectivity index (χ1) is 9.65. The van der Waals surface area contributed by atoms with E-state index in [1.807, 2.05) is 6.07 Å². The summed E-state index contributed by atoms with van der Waals surface area (Å²) in [6, 6.07) is 8.04. The van der Waals surface area contributed by atoms with Gasteiger partial charge in [-0.15, -0.1) is 0 Å². The number of rotatable bonds is 4. The number of nitriles is 1. The summed E-state index contributed by atoms with van der Waals surface area (Å²) in [5.74, 6) is -0.325. The molecule has 0 fully saturated rings. The molecule has 6 heteroatoms. The molecular weight excluding hydrogens is 260 g/mol. The minimum Gasteiger partial charge on any atom is -0.493 e. The predicted molar refractivity (Wildman–Crippen MR) is 69.0 cm³/mol. The van der Waals surface area contributed by atoms with Crippen LogP contribution in [0.1, 0.15) is 15.9 Å². The monoisotopic (exact) mass is 270 g/mol. The summed E-state index contributed by atoms with van der Waals surface area (Å²) in [6.45, 7) is 0. The van der Waals surface area contributed by atoms with Crippen LogP contribution < -0.4 is 9.47 Å². The summed E-state index contributed by atoms with van der Waals surface area (Å²) in [6.07, 6.45) is 2.63. The standard InChI is InChI=1S/C14H10N2O4/c1-19-13-6-9(7-15)2-3-12(13)20-11-4-5-16-8-10(11)14(17)18/h2-6,8H,1H3,(H,17,18). The minimum absolute atomic E-state index is 0.0566. The third-order valence-electron chi connectivity index (χ3n) is 2.52. The maximum absolute atomic E-state index is 11.1. The molecule has 0 saturated carbocycles. The molecule has 0 bridgehead atoms. The van der Waals surface area contributed by atoms with E-state index in [2.05, 4.69) is 4.98 Å². The van der Waals surface area contributed by atoms with Crippen molar-refractivity contribution in [2.24, 2.45) is 0 Å². The summed E-state index contributed by atoms with van der Waals surface area (Å²) >= 11 is 0. The van der Waals surface area contributed by atoms with Gasteiger partial charge in [0, 0.05) is 24.5 Å². The number of benzene rings is 1. The highest BCUT2D eigenvalue weighted by Crippen LogP contribution is 2.33. The van der Waals surface area contributed by atoms with Gasteiger partial charge in [-0.1, -0.05) is 0 Å². The van der Waals surface area contributed by atoms with E-state index in [1.165, 1.54) is 31.6 Å². The highest BCUT2D eigenvalue weighted by Gasteiger charge is 2.14. The number of carboxylic acid groups (broad SMARTS) is 1. The van der Waals surface area contributed by atoms with Crippen molar-refractivity contribution in [2.45, 2.75) is 0 Å². The Bertz CT molecular complexity index is 692. The Labute approximate surface area is 114 Å². The van der Waals surface area contributed by atoms with Crippen LogP contribution in [-0.4, -0.2) is 23.2 Å². The smallest absolute Gasteiger partial charge is 0.341 e. The van der Waals surface area contributed by atoms with Crippen LogP contribution in [0, 0.1) is 11.3 Å². The lowest BCUT2D eigenvalue weighted by atomic mass is 10.2. The third-order valence-corrected chi connectivity index (χ3v) is 2.52. The largest absolute Gasteiger partial charge is 0.493 e. The summed E-state index contributed by atoms with van der Waals surface area (Å²) in [5, 5.41) is 17.9. The molecule has 0 atom stereocenters. The van der Waals surface area contributed by atoms with Gasteiger partial charge in [0.05, 0.1) is 18.7 Å². The van der Waals surface area contributed by atoms with E-state index in [4.69, 9.17) is 19.8 Å². The zero-order valence-electron chi connectivity index (χ0n) is 10.5. The molecule has 0 saturated heterocycles. The van der Waals surface area contributed by atoms with Crippen LogP contribution in [0.25, 0.3) is 0 Å². The quantitative estimate of drug-likeness (QED) is 0.917. The SMILES string of the molecule is COc1cc(C#N)ccc1Oc1ccncc1C(=O)O.